The first kappa shape index (κ1) is 18.8. The fraction of sp³-hybridized carbons (Fsp3) is 0.333. The van der Waals surface area contributed by atoms with Crippen molar-refractivity contribution in [3.63, 3.8) is 0 Å². The fourth-order valence-corrected chi connectivity index (χ4v) is 3.55. The second-order valence-electron chi connectivity index (χ2n) is 6.74. The molecule has 0 fully saturated rings. The molecular weight excluding hydrogens is 350 g/mol. The molecule has 2 N–H and O–H groups in total. The van der Waals surface area contributed by atoms with E-state index in [0.717, 1.165) is 36.0 Å². The normalized spacial score (nSPS) is 18.6. The van der Waals surface area contributed by atoms with Crippen molar-refractivity contribution in [3.05, 3.63) is 65.9 Å². The third-order valence-electron chi connectivity index (χ3n) is 4.89. The van der Waals surface area contributed by atoms with E-state index in [0.29, 0.717) is 0 Å². The zero-order chi connectivity index (χ0) is 17.2. The first-order valence-electron chi connectivity index (χ1n) is 8.84. The van der Waals surface area contributed by atoms with Gasteiger partial charge in [-0.15, -0.1) is 12.4 Å². The molecule has 0 amide bonds. The van der Waals surface area contributed by atoms with Gasteiger partial charge in [-0.3, -0.25) is 5.32 Å². The molecule has 0 saturated carbocycles. The van der Waals surface area contributed by atoms with E-state index in [1.54, 1.807) is 13.2 Å². The second-order valence-corrected chi connectivity index (χ2v) is 6.74. The third-order valence-corrected chi connectivity index (χ3v) is 4.89. The minimum atomic E-state index is -0.626. The van der Waals surface area contributed by atoms with Crippen molar-refractivity contribution < 1.29 is 14.3 Å². The van der Waals surface area contributed by atoms with Crippen LogP contribution in [0.25, 0.3) is 11.0 Å². The molecule has 3 atom stereocenters. The van der Waals surface area contributed by atoms with Gasteiger partial charge in [0.25, 0.3) is 0 Å². The van der Waals surface area contributed by atoms with Gasteiger partial charge in [-0.05, 0) is 55.5 Å². The van der Waals surface area contributed by atoms with Crippen molar-refractivity contribution in [2.45, 2.75) is 44.6 Å². The van der Waals surface area contributed by atoms with E-state index >= 15 is 0 Å². The lowest BCUT2D eigenvalue weighted by atomic mass is 9.88. The van der Waals surface area contributed by atoms with Crippen molar-refractivity contribution in [1.82, 2.24) is 5.32 Å². The molecule has 5 heteroatoms. The number of aliphatic hydroxyl groups is 1. The van der Waals surface area contributed by atoms with E-state index in [1.165, 1.54) is 11.1 Å². The first-order chi connectivity index (χ1) is 12.2. The van der Waals surface area contributed by atoms with Crippen LogP contribution >= 0.6 is 12.4 Å². The van der Waals surface area contributed by atoms with Gasteiger partial charge >= 0.3 is 0 Å². The number of hydrogen-bond acceptors (Lipinski definition) is 4. The minimum Gasteiger partial charge on any atom is -0.472 e. The summed E-state index contributed by atoms with van der Waals surface area (Å²) in [5, 5.41) is 14.6. The second kappa shape index (κ2) is 8.12. The molecule has 3 aromatic rings. The number of furan rings is 1. The Bertz CT molecular complexity index is 861. The van der Waals surface area contributed by atoms with Gasteiger partial charge in [-0.1, -0.05) is 30.3 Å². The summed E-state index contributed by atoms with van der Waals surface area (Å²) in [5.41, 5.74) is 3.60. The number of aryl methyl sites for hydroxylation is 1. The maximum atomic E-state index is 10.2. The van der Waals surface area contributed by atoms with Gasteiger partial charge in [0, 0.05) is 6.04 Å². The number of benzene rings is 2. The van der Waals surface area contributed by atoms with Crippen molar-refractivity contribution >= 4 is 23.4 Å². The van der Waals surface area contributed by atoms with E-state index in [4.69, 9.17) is 9.15 Å². The Morgan fingerprint density at radius 3 is 2.73 bits per heavy atom. The van der Waals surface area contributed by atoms with Crippen LogP contribution in [0, 0.1) is 0 Å². The van der Waals surface area contributed by atoms with Gasteiger partial charge in [-0.2, -0.15) is 0 Å². The summed E-state index contributed by atoms with van der Waals surface area (Å²) < 4.78 is 11.5. The number of hydrogen-bond donors (Lipinski definition) is 2. The van der Waals surface area contributed by atoms with Crippen LogP contribution in [0.15, 0.2) is 59.2 Å². The number of nitrogens with one attached hydrogen (secondary N) is 1. The molecule has 0 bridgehead atoms. The van der Waals surface area contributed by atoms with Crippen LogP contribution in [-0.2, 0) is 12.8 Å². The van der Waals surface area contributed by atoms with Gasteiger partial charge in [0.2, 0.25) is 0 Å². The highest BCUT2D eigenvalue weighted by Gasteiger charge is 2.25. The van der Waals surface area contributed by atoms with Crippen LogP contribution in [-0.4, -0.2) is 23.5 Å². The molecule has 0 radical (unpaired) electrons. The average Bonchev–Trinajstić information content (AvgIpc) is 3.10. The molecule has 138 valence electrons. The maximum Gasteiger partial charge on any atom is 0.176 e. The zero-order valence-electron chi connectivity index (χ0n) is 14.7. The van der Waals surface area contributed by atoms with E-state index in [9.17, 15) is 5.11 Å². The highest BCUT2D eigenvalue weighted by atomic mass is 35.5. The molecule has 0 saturated heterocycles. The van der Waals surface area contributed by atoms with Crippen LogP contribution in [0.5, 0.6) is 5.75 Å². The van der Waals surface area contributed by atoms with Crippen molar-refractivity contribution in [2.75, 3.05) is 0 Å². The predicted molar refractivity (Wildman–Crippen MR) is 105 cm³/mol. The Labute approximate surface area is 159 Å². The third kappa shape index (κ3) is 3.88. The molecule has 26 heavy (non-hydrogen) atoms. The summed E-state index contributed by atoms with van der Waals surface area (Å²) in [6.45, 7) is 1.75. The smallest absolute Gasteiger partial charge is 0.176 e. The summed E-state index contributed by atoms with van der Waals surface area (Å²) in [4.78, 5) is 0. The molecule has 0 aliphatic heterocycles. The van der Waals surface area contributed by atoms with E-state index in [2.05, 4.69) is 29.6 Å². The maximum absolute atomic E-state index is 10.2. The largest absolute Gasteiger partial charge is 0.472 e. The average molecular weight is 374 g/mol. The lowest BCUT2D eigenvalue weighted by Crippen LogP contribution is -2.49. The molecule has 1 aliphatic carbocycles. The fourth-order valence-electron chi connectivity index (χ4n) is 3.55. The van der Waals surface area contributed by atoms with Crippen molar-refractivity contribution in [1.29, 1.82) is 0 Å². The van der Waals surface area contributed by atoms with Crippen molar-refractivity contribution in [3.8, 4) is 5.75 Å². The van der Waals surface area contributed by atoms with Gasteiger partial charge < -0.3 is 14.3 Å². The highest BCUT2D eigenvalue weighted by molar-refractivity contribution is 5.85. The van der Waals surface area contributed by atoms with Crippen LogP contribution in [0.2, 0.25) is 0 Å². The minimum absolute atomic E-state index is 0. The Morgan fingerprint density at radius 1 is 1.12 bits per heavy atom. The van der Waals surface area contributed by atoms with Gasteiger partial charge in [-0.25, -0.2) is 0 Å². The van der Waals surface area contributed by atoms with Crippen LogP contribution < -0.4 is 10.1 Å². The van der Waals surface area contributed by atoms with Gasteiger partial charge in [0.05, 0.1) is 11.6 Å². The molecule has 2 aromatic carbocycles. The zero-order valence-corrected chi connectivity index (χ0v) is 15.5. The van der Waals surface area contributed by atoms with Gasteiger partial charge in [0.15, 0.2) is 6.23 Å². The first-order valence-corrected chi connectivity index (χ1v) is 8.84. The number of ether oxygens (including phenoxy) is 1. The van der Waals surface area contributed by atoms with Crippen molar-refractivity contribution in [2.24, 2.45) is 0 Å². The molecule has 0 spiro atoms. The topological polar surface area (TPSA) is 54.6 Å². The summed E-state index contributed by atoms with van der Waals surface area (Å²) >= 11 is 0. The molecule has 1 aliphatic rings. The molecule has 1 heterocycles. The lowest BCUT2D eigenvalue weighted by molar-refractivity contribution is 0.0189. The van der Waals surface area contributed by atoms with E-state index < -0.39 is 12.3 Å². The summed E-state index contributed by atoms with van der Waals surface area (Å²) in [5.74, 6) is 0.723. The molecule has 4 rings (SSSR count). The number of rotatable bonds is 5. The Morgan fingerprint density at radius 2 is 1.92 bits per heavy atom. The van der Waals surface area contributed by atoms with Crippen LogP contribution in [0.3, 0.4) is 0 Å². The number of aliphatic hydroxyl groups excluding tert-OH is 1. The van der Waals surface area contributed by atoms with Crippen LogP contribution in [0.1, 0.15) is 24.5 Å². The highest BCUT2D eigenvalue weighted by Crippen LogP contribution is 2.28. The van der Waals surface area contributed by atoms with Crippen LogP contribution in [0.4, 0.5) is 0 Å². The molecular formula is C21H24ClNO3. The number of fused-ring (bicyclic) bond motifs is 2. The molecule has 4 nitrogen and oxygen atoms in total. The quantitative estimate of drug-likeness (QED) is 0.661. The van der Waals surface area contributed by atoms with Gasteiger partial charge in [0.1, 0.15) is 17.4 Å². The Balaban J connectivity index is 0.00000196. The SMILES string of the molecule is CC(O)C(NC1CCc2ccccc2C1)Oc1cccc2occc12.Cl. The summed E-state index contributed by atoms with van der Waals surface area (Å²) in [6, 6.07) is 16.5. The van der Waals surface area contributed by atoms with E-state index in [1.807, 2.05) is 24.3 Å². The predicted octanol–water partition coefficient (Wildman–Crippen LogP) is 4.09. The lowest BCUT2D eigenvalue weighted by Gasteiger charge is -2.31. The standard InChI is InChI=1S/C21H23NO3.ClH/c1-14(23)21(25-20-8-4-7-19-18(20)11-12-24-19)22-17-10-9-15-5-2-3-6-16(15)13-17;/h2-8,11-12,14,17,21-23H,9-10,13H2,1H3;1H. The summed E-state index contributed by atoms with van der Waals surface area (Å²) in [6.07, 6.45) is 3.62. The Hall–Kier alpha value is -2.01. The van der Waals surface area contributed by atoms with E-state index in [-0.39, 0.29) is 18.4 Å². The molecule has 3 unspecified atom stereocenters. The molecule has 1 aromatic heterocycles. The number of halogens is 1. The monoisotopic (exact) mass is 373 g/mol. The summed E-state index contributed by atoms with van der Waals surface area (Å²) in [7, 11) is 0. The Kier molecular flexibility index (Phi) is 5.87.